The maximum Gasteiger partial charge on any atom is 0.142 e. The zero-order valence-corrected chi connectivity index (χ0v) is 17.2. The van der Waals surface area contributed by atoms with E-state index < -0.39 is 0 Å². The first kappa shape index (κ1) is 20.3. The summed E-state index contributed by atoms with van der Waals surface area (Å²) in [5.74, 6) is 2.12. The van der Waals surface area contributed by atoms with Crippen LogP contribution in [0.5, 0.6) is 34.5 Å². The molecule has 0 heterocycles. The summed E-state index contributed by atoms with van der Waals surface area (Å²) < 4.78 is 12.0. The quantitative estimate of drug-likeness (QED) is 0.218. The van der Waals surface area contributed by atoms with Crippen molar-refractivity contribution >= 4 is 23.1 Å². The third kappa shape index (κ3) is 4.79. The maximum absolute atomic E-state index is 9.84. The molecule has 0 aliphatic carbocycles. The molecular formula is C24H20N2O4S. The molecule has 0 aliphatic heterocycles. The van der Waals surface area contributed by atoms with Gasteiger partial charge in [-0.3, -0.25) is 0 Å². The number of nitrogen functional groups attached to an aromatic ring is 2. The van der Waals surface area contributed by atoms with Crippen LogP contribution in [0, 0.1) is 0 Å². The van der Waals surface area contributed by atoms with Gasteiger partial charge in [-0.15, -0.1) is 0 Å². The minimum absolute atomic E-state index is 0.0341. The monoisotopic (exact) mass is 432 g/mol. The van der Waals surface area contributed by atoms with Gasteiger partial charge in [0.1, 0.15) is 34.5 Å². The van der Waals surface area contributed by atoms with Crippen LogP contribution < -0.4 is 20.9 Å². The van der Waals surface area contributed by atoms with Gasteiger partial charge >= 0.3 is 0 Å². The number of benzene rings is 4. The molecule has 0 saturated heterocycles. The van der Waals surface area contributed by atoms with Gasteiger partial charge in [0.15, 0.2) is 0 Å². The Balaban J connectivity index is 1.60. The predicted octanol–water partition coefficient (Wildman–Crippen LogP) is 6.00. The summed E-state index contributed by atoms with van der Waals surface area (Å²) in [6.07, 6.45) is 0. The third-order valence-corrected chi connectivity index (χ3v) is 5.49. The molecule has 0 aliphatic rings. The summed E-state index contributed by atoms with van der Waals surface area (Å²) in [5.41, 5.74) is 11.9. The molecule has 6 N–H and O–H groups in total. The van der Waals surface area contributed by atoms with E-state index in [2.05, 4.69) is 0 Å². The molecule has 0 amide bonds. The summed E-state index contributed by atoms with van der Waals surface area (Å²) in [7, 11) is 0. The van der Waals surface area contributed by atoms with Gasteiger partial charge in [0.25, 0.3) is 0 Å². The molecule has 4 aromatic carbocycles. The first-order chi connectivity index (χ1) is 15.0. The second-order valence-corrected chi connectivity index (χ2v) is 7.72. The number of phenolic OH excluding ortho intramolecular Hbond substituents is 2. The lowest BCUT2D eigenvalue weighted by Gasteiger charge is -2.14. The molecule has 4 aromatic rings. The highest BCUT2D eigenvalue weighted by molar-refractivity contribution is 7.99. The van der Waals surface area contributed by atoms with Gasteiger partial charge in [-0.1, -0.05) is 36.0 Å². The molecule has 31 heavy (non-hydrogen) atoms. The summed E-state index contributed by atoms with van der Waals surface area (Å²) in [6, 6.07) is 24.6. The van der Waals surface area contributed by atoms with Gasteiger partial charge < -0.3 is 31.2 Å². The van der Waals surface area contributed by atoms with Crippen LogP contribution in [0.2, 0.25) is 0 Å². The van der Waals surface area contributed by atoms with Crippen LogP contribution >= 0.6 is 11.8 Å². The number of nitrogens with two attached hydrogens (primary N) is 2. The average Bonchev–Trinajstić information content (AvgIpc) is 2.76. The summed E-state index contributed by atoms with van der Waals surface area (Å²) in [6.45, 7) is 0. The first-order valence-electron chi connectivity index (χ1n) is 9.38. The van der Waals surface area contributed by atoms with E-state index in [9.17, 15) is 10.2 Å². The Morgan fingerprint density at radius 1 is 0.581 bits per heavy atom. The zero-order valence-electron chi connectivity index (χ0n) is 16.4. The molecule has 0 aromatic heterocycles. The first-order valence-corrected chi connectivity index (χ1v) is 10.2. The van der Waals surface area contributed by atoms with Gasteiger partial charge in [-0.25, -0.2) is 0 Å². The van der Waals surface area contributed by atoms with E-state index in [0.29, 0.717) is 23.0 Å². The van der Waals surface area contributed by atoms with Crippen LogP contribution in [0.15, 0.2) is 94.7 Å². The molecule has 0 fully saturated rings. The lowest BCUT2D eigenvalue weighted by Crippen LogP contribution is -1.91. The lowest BCUT2D eigenvalue weighted by atomic mass is 10.3. The minimum Gasteiger partial charge on any atom is -0.506 e. The Bertz CT molecular complexity index is 1130. The molecule has 0 bridgehead atoms. The second kappa shape index (κ2) is 8.81. The van der Waals surface area contributed by atoms with Crippen LogP contribution in [0.4, 0.5) is 11.4 Å². The van der Waals surface area contributed by atoms with Gasteiger partial charge in [0.05, 0.1) is 21.2 Å². The van der Waals surface area contributed by atoms with Crippen molar-refractivity contribution in [2.24, 2.45) is 0 Å². The predicted molar refractivity (Wildman–Crippen MR) is 122 cm³/mol. The van der Waals surface area contributed by atoms with Crippen molar-refractivity contribution < 1.29 is 19.7 Å². The van der Waals surface area contributed by atoms with Gasteiger partial charge in [-0.05, 0) is 48.5 Å². The Morgan fingerprint density at radius 2 is 1.00 bits per heavy atom. The Morgan fingerprint density at radius 3 is 1.42 bits per heavy atom. The Hall–Kier alpha value is -3.97. The Labute approximate surface area is 183 Å². The highest BCUT2D eigenvalue weighted by Crippen LogP contribution is 2.42. The summed E-state index contributed by atoms with van der Waals surface area (Å²) in [5, 5.41) is 19.7. The number of hydrogen-bond acceptors (Lipinski definition) is 7. The molecule has 0 spiro atoms. The highest BCUT2D eigenvalue weighted by atomic mass is 32.2. The van der Waals surface area contributed by atoms with E-state index in [1.807, 2.05) is 48.5 Å². The van der Waals surface area contributed by atoms with Gasteiger partial charge in [0.2, 0.25) is 0 Å². The molecule has 4 rings (SSSR count). The SMILES string of the molecule is Nc1ccc(Oc2ccccc2Sc2ccccc2Oc2ccc(N)c(O)c2)cc1O. The molecule has 0 unspecified atom stereocenters. The van der Waals surface area contributed by atoms with E-state index in [-0.39, 0.29) is 22.9 Å². The van der Waals surface area contributed by atoms with Gasteiger partial charge in [0, 0.05) is 12.1 Å². The normalized spacial score (nSPS) is 10.6. The molecule has 6 nitrogen and oxygen atoms in total. The second-order valence-electron chi connectivity index (χ2n) is 6.64. The standard InChI is InChI=1S/C24H20N2O4S/c25-17-11-9-15(13-19(17)27)29-21-5-1-3-7-23(21)31-24-8-4-2-6-22(24)30-16-10-12-18(26)20(28)14-16/h1-14,27-28H,25-26H2. The van der Waals surface area contributed by atoms with E-state index in [0.717, 1.165) is 9.79 Å². The average molecular weight is 433 g/mol. The topological polar surface area (TPSA) is 111 Å². The van der Waals surface area contributed by atoms with Crippen molar-refractivity contribution in [2.75, 3.05) is 11.5 Å². The fraction of sp³-hybridized carbons (Fsp3) is 0. The number of anilines is 2. The van der Waals surface area contributed by atoms with Crippen LogP contribution in [0.25, 0.3) is 0 Å². The van der Waals surface area contributed by atoms with Crippen molar-refractivity contribution in [3.05, 3.63) is 84.9 Å². The highest BCUT2D eigenvalue weighted by Gasteiger charge is 2.12. The van der Waals surface area contributed by atoms with Gasteiger partial charge in [-0.2, -0.15) is 0 Å². The molecule has 156 valence electrons. The smallest absolute Gasteiger partial charge is 0.142 e. The van der Waals surface area contributed by atoms with E-state index >= 15 is 0 Å². The molecular weight excluding hydrogens is 412 g/mol. The molecule has 0 radical (unpaired) electrons. The van der Waals surface area contributed by atoms with Crippen molar-refractivity contribution in [1.29, 1.82) is 0 Å². The number of aromatic hydroxyl groups is 2. The van der Waals surface area contributed by atoms with Crippen molar-refractivity contribution in [3.63, 3.8) is 0 Å². The Kier molecular flexibility index (Phi) is 5.77. The van der Waals surface area contributed by atoms with Crippen molar-refractivity contribution in [3.8, 4) is 34.5 Å². The minimum atomic E-state index is -0.0341. The third-order valence-electron chi connectivity index (χ3n) is 4.38. The fourth-order valence-electron chi connectivity index (χ4n) is 2.78. The zero-order chi connectivity index (χ0) is 21.8. The van der Waals surface area contributed by atoms with E-state index in [1.54, 1.807) is 24.3 Å². The lowest BCUT2D eigenvalue weighted by molar-refractivity contribution is 0.450. The number of hydrogen-bond donors (Lipinski definition) is 4. The van der Waals surface area contributed by atoms with Crippen molar-refractivity contribution in [1.82, 2.24) is 0 Å². The number of phenols is 2. The van der Waals surface area contributed by atoms with Crippen LogP contribution in [-0.4, -0.2) is 10.2 Å². The van der Waals surface area contributed by atoms with Crippen molar-refractivity contribution in [2.45, 2.75) is 9.79 Å². The number of ether oxygens (including phenoxy) is 2. The van der Waals surface area contributed by atoms with Crippen LogP contribution in [-0.2, 0) is 0 Å². The summed E-state index contributed by atoms with van der Waals surface area (Å²) >= 11 is 1.47. The van der Waals surface area contributed by atoms with E-state index in [4.69, 9.17) is 20.9 Å². The summed E-state index contributed by atoms with van der Waals surface area (Å²) in [4.78, 5) is 1.71. The van der Waals surface area contributed by atoms with Crippen LogP contribution in [0.1, 0.15) is 0 Å². The molecule has 0 atom stereocenters. The number of rotatable bonds is 6. The largest absolute Gasteiger partial charge is 0.506 e. The molecule has 7 heteroatoms. The fourth-order valence-corrected chi connectivity index (χ4v) is 3.73. The number of para-hydroxylation sites is 2. The van der Waals surface area contributed by atoms with Crippen LogP contribution in [0.3, 0.4) is 0 Å². The van der Waals surface area contributed by atoms with E-state index in [1.165, 1.54) is 23.9 Å². The molecule has 0 saturated carbocycles. The maximum atomic E-state index is 9.84.